The van der Waals surface area contributed by atoms with Gasteiger partial charge in [0.1, 0.15) is 54.4 Å². The molecule has 17 nitrogen and oxygen atoms in total. The van der Waals surface area contributed by atoms with Crippen LogP contribution >= 0.6 is 0 Å². The molecule has 1 aromatic heterocycles. The first kappa shape index (κ1) is 35.1. The summed E-state index contributed by atoms with van der Waals surface area (Å²) in [6.45, 7) is 0.269. The molecule has 3 aromatic rings. The van der Waals surface area contributed by atoms with E-state index in [1.54, 1.807) is 0 Å². The van der Waals surface area contributed by atoms with Crippen LogP contribution in [-0.2, 0) is 23.8 Å². The smallest absolute Gasteiger partial charge is 0.308 e. The lowest BCUT2D eigenvalue weighted by Gasteiger charge is -2.40. The second-order valence-corrected chi connectivity index (χ2v) is 10.7. The van der Waals surface area contributed by atoms with Crippen molar-refractivity contribution in [3.8, 4) is 45.8 Å². The molecule has 2 heterocycles. The number of phenolic OH excluding ortho intramolecular Hbond substituents is 2. The standard InChI is InChI=1S/C30H34O17/c1-30(39,11-43-12-31)9-19(33)44-10-18-21(34)23(36)24(37)29(47-18)46-15-6-5-13(7-17(15)40-2)16-8-14(32)20-22(35)27(41-3)25(38)28(42-4)26(20)45-16/h5-8,12,18,21,23-24,29,34-39H,9-11H2,1-4H3. The largest absolute Gasteiger partial charge is 0.504 e. The van der Waals surface area contributed by atoms with Crippen LogP contribution in [0.3, 0.4) is 0 Å². The Kier molecular flexibility index (Phi) is 10.7. The molecule has 0 radical (unpaired) electrons. The summed E-state index contributed by atoms with van der Waals surface area (Å²) in [5, 5.41) is 62.3. The minimum Gasteiger partial charge on any atom is -0.504 e. The van der Waals surface area contributed by atoms with Crippen LogP contribution in [0.1, 0.15) is 13.3 Å². The van der Waals surface area contributed by atoms with E-state index in [-0.39, 0.29) is 51.8 Å². The number of esters is 1. The molecule has 0 bridgehead atoms. The molecule has 1 aliphatic heterocycles. The third kappa shape index (κ3) is 7.28. The first-order valence-electron chi connectivity index (χ1n) is 13.9. The van der Waals surface area contributed by atoms with Crippen LogP contribution in [0.4, 0.5) is 0 Å². The summed E-state index contributed by atoms with van der Waals surface area (Å²) in [5.74, 6) is -2.82. The number of aliphatic hydroxyl groups is 4. The van der Waals surface area contributed by atoms with Crippen LogP contribution in [0.5, 0.6) is 34.5 Å². The van der Waals surface area contributed by atoms with E-state index >= 15 is 0 Å². The molecular weight excluding hydrogens is 632 g/mol. The molecule has 1 aliphatic rings. The fourth-order valence-corrected chi connectivity index (χ4v) is 4.84. The SMILES string of the molecule is COc1cc(-c2cc(=O)c3c(O)c(OC)c(O)c(OC)c3o2)ccc1OC1OC(COC(=O)CC(C)(O)COC=O)C(O)C(O)C1O. The summed E-state index contributed by atoms with van der Waals surface area (Å²) >= 11 is 0. The van der Waals surface area contributed by atoms with Gasteiger partial charge in [0.15, 0.2) is 28.3 Å². The van der Waals surface area contributed by atoms with Crippen molar-refractivity contribution < 1.29 is 77.8 Å². The van der Waals surface area contributed by atoms with Gasteiger partial charge in [-0.3, -0.25) is 14.4 Å². The van der Waals surface area contributed by atoms with Crippen LogP contribution in [-0.4, -0.2) is 114 Å². The molecule has 6 unspecified atom stereocenters. The van der Waals surface area contributed by atoms with E-state index in [2.05, 4.69) is 4.74 Å². The topological polar surface area (TPSA) is 250 Å². The Morgan fingerprint density at radius 1 is 0.957 bits per heavy atom. The van der Waals surface area contributed by atoms with Crippen molar-refractivity contribution in [2.45, 2.75) is 49.7 Å². The number of fused-ring (bicyclic) bond motifs is 1. The number of carbonyl (C=O) groups excluding carboxylic acids is 2. The van der Waals surface area contributed by atoms with Crippen molar-refractivity contribution in [1.82, 2.24) is 0 Å². The summed E-state index contributed by atoms with van der Waals surface area (Å²) in [6, 6.07) is 5.29. The molecule has 17 heteroatoms. The van der Waals surface area contributed by atoms with Crippen molar-refractivity contribution in [2.75, 3.05) is 34.5 Å². The van der Waals surface area contributed by atoms with E-state index < -0.39 is 78.8 Å². The monoisotopic (exact) mass is 666 g/mol. The third-order valence-electron chi connectivity index (χ3n) is 7.20. The highest BCUT2D eigenvalue weighted by Crippen LogP contribution is 2.49. The Morgan fingerprint density at radius 3 is 2.30 bits per heavy atom. The van der Waals surface area contributed by atoms with Crippen LogP contribution in [0.2, 0.25) is 0 Å². The van der Waals surface area contributed by atoms with Gasteiger partial charge in [-0.1, -0.05) is 0 Å². The lowest BCUT2D eigenvalue weighted by atomic mass is 9.99. The summed E-state index contributed by atoms with van der Waals surface area (Å²) < 4.78 is 42.3. The fourth-order valence-electron chi connectivity index (χ4n) is 4.84. The second kappa shape index (κ2) is 14.3. The Hall–Kier alpha value is -4.81. The Bertz CT molecular complexity index is 1660. The van der Waals surface area contributed by atoms with Crippen LogP contribution in [0, 0.1) is 0 Å². The molecule has 0 aliphatic carbocycles. The molecule has 1 fully saturated rings. The molecule has 0 amide bonds. The van der Waals surface area contributed by atoms with Gasteiger partial charge in [0.05, 0.1) is 27.8 Å². The van der Waals surface area contributed by atoms with E-state index in [4.69, 9.17) is 32.8 Å². The maximum atomic E-state index is 13.0. The van der Waals surface area contributed by atoms with E-state index in [1.807, 2.05) is 0 Å². The maximum Gasteiger partial charge on any atom is 0.308 e. The van der Waals surface area contributed by atoms with Crippen LogP contribution in [0.15, 0.2) is 33.5 Å². The number of phenols is 2. The molecule has 4 rings (SSSR count). The van der Waals surface area contributed by atoms with E-state index in [1.165, 1.54) is 46.5 Å². The number of ether oxygens (including phenoxy) is 7. The minimum atomic E-state index is -1.79. The number of benzene rings is 2. The van der Waals surface area contributed by atoms with Gasteiger partial charge < -0.3 is 68.2 Å². The first-order valence-corrected chi connectivity index (χ1v) is 13.9. The minimum absolute atomic E-state index is 0.0217. The zero-order chi connectivity index (χ0) is 34.6. The summed E-state index contributed by atoms with van der Waals surface area (Å²) in [7, 11) is 3.70. The highest BCUT2D eigenvalue weighted by molar-refractivity contribution is 5.95. The highest BCUT2D eigenvalue weighted by Gasteiger charge is 2.46. The lowest BCUT2D eigenvalue weighted by molar-refractivity contribution is -0.278. The Balaban J connectivity index is 1.56. The van der Waals surface area contributed by atoms with Crippen LogP contribution < -0.4 is 24.4 Å². The third-order valence-corrected chi connectivity index (χ3v) is 7.20. The zero-order valence-corrected chi connectivity index (χ0v) is 25.6. The maximum absolute atomic E-state index is 13.0. The molecule has 1 saturated heterocycles. The Morgan fingerprint density at radius 2 is 1.66 bits per heavy atom. The highest BCUT2D eigenvalue weighted by atomic mass is 16.7. The number of methoxy groups -OCH3 is 3. The van der Waals surface area contributed by atoms with E-state index in [9.17, 15) is 45.0 Å². The predicted octanol–water partition coefficient (Wildman–Crippen LogP) is -0.0593. The van der Waals surface area contributed by atoms with Gasteiger partial charge in [0.2, 0.25) is 23.5 Å². The van der Waals surface area contributed by atoms with Gasteiger partial charge in [-0.05, 0) is 25.1 Å². The number of hydrogen-bond acceptors (Lipinski definition) is 17. The molecule has 6 atom stereocenters. The van der Waals surface area contributed by atoms with Gasteiger partial charge in [-0.2, -0.15) is 0 Å². The summed E-state index contributed by atoms with van der Waals surface area (Å²) in [6.07, 6.45) is -8.82. The fraction of sp³-hybridized carbons (Fsp3) is 0.433. The average Bonchev–Trinajstić information content (AvgIpc) is 3.03. The van der Waals surface area contributed by atoms with E-state index in [0.29, 0.717) is 0 Å². The molecule has 47 heavy (non-hydrogen) atoms. The van der Waals surface area contributed by atoms with Crippen molar-refractivity contribution in [3.05, 3.63) is 34.5 Å². The summed E-state index contributed by atoms with van der Waals surface area (Å²) in [5.41, 5.74) is -2.41. The number of aliphatic hydroxyl groups excluding tert-OH is 3. The van der Waals surface area contributed by atoms with Gasteiger partial charge >= 0.3 is 5.97 Å². The molecule has 0 spiro atoms. The van der Waals surface area contributed by atoms with Crippen molar-refractivity contribution in [3.63, 3.8) is 0 Å². The number of carbonyl (C=O) groups is 2. The molecular formula is C30H34O17. The van der Waals surface area contributed by atoms with Crippen molar-refractivity contribution >= 4 is 23.4 Å². The lowest BCUT2D eigenvalue weighted by Crippen LogP contribution is -2.60. The molecule has 256 valence electrons. The van der Waals surface area contributed by atoms with Crippen LogP contribution in [0.25, 0.3) is 22.3 Å². The molecule has 0 saturated carbocycles. The predicted molar refractivity (Wildman–Crippen MR) is 156 cm³/mol. The number of hydrogen-bond donors (Lipinski definition) is 6. The normalized spacial score (nSPS) is 22.2. The van der Waals surface area contributed by atoms with Gasteiger partial charge in [0.25, 0.3) is 6.47 Å². The van der Waals surface area contributed by atoms with Gasteiger partial charge in [0, 0.05) is 11.6 Å². The molecule has 2 aromatic carbocycles. The zero-order valence-electron chi connectivity index (χ0n) is 25.6. The quantitative estimate of drug-likeness (QED) is 0.103. The molecule has 6 N–H and O–H groups in total. The second-order valence-electron chi connectivity index (χ2n) is 10.7. The van der Waals surface area contributed by atoms with Gasteiger partial charge in [-0.25, -0.2) is 0 Å². The number of rotatable bonds is 13. The van der Waals surface area contributed by atoms with Crippen molar-refractivity contribution in [2.24, 2.45) is 0 Å². The summed E-state index contributed by atoms with van der Waals surface area (Å²) in [4.78, 5) is 35.6. The van der Waals surface area contributed by atoms with Crippen molar-refractivity contribution in [1.29, 1.82) is 0 Å². The average molecular weight is 667 g/mol. The van der Waals surface area contributed by atoms with Gasteiger partial charge in [-0.15, -0.1) is 0 Å². The Labute approximate surface area is 265 Å². The first-order chi connectivity index (χ1) is 22.3. The van der Waals surface area contributed by atoms with E-state index in [0.717, 1.165) is 6.07 Å². The number of aromatic hydroxyl groups is 2.